The SMILES string of the molecule is NCCOCCN1CCC(F)CC1. The van der Waals surface area contributed by atoms with Gasteiger partial charge < -0.3 is 15.4 Å². The number of nitrogens with zero attached hydrogens (tertiary/aromatic N) is 1. The number of ether oxygens (including phenoxy) is 1. The number of halogens is 1. The van der Waals surface area contributed by atoms with Crippen LogP contribution in [-0.4, -0.2) is 50.5 Å². The summed E-state index contributed by atoms with van der Waals surface area (Å²) >= 11 is 0. The van der Waals surface area contributed by atoms with Crippen molar-refractivity contribution in [1.29, 1.82) is 0 Å². The van der Waals surface area contributed by atoms with E-state index >= 15 is 0 Å². The van der Waals surface area contributed by atoms with Gasteiger partial charge in [0.05, 0.1) is 13.2 Å². The van der Waals surface area contributed by atoms with Crippen LogP contribution in [-0.2, 0) is 4.74 Å². The number of rotatable bonds is 5. The van der Waals surface area contributed by atoms with Gasteiger partial charge in [-0.15, -0.1) is 0 Å². The van der Waals surface area contributed by atoms with Gasteiger partial charge in [-0.2, -0.15) is 0 Å². The van der Waals surface area contributed by atoms with Gasteiger partial charge in [-0.05, 0) is 12.8 Å². The normalized spacial score (nSPS) is 20.8. The standard InChI is InChI=1S/C9H19FN2O/c10-9-1-4-12(5-2-9)6-8-13-7-3-11/h9H,1-8,11H2. The average molecular weight is 190 g/mol. The molecule has 13 heavy (non-hydrogen) atoms. The molecule has 0 saturated carbocycles. The summed E-state index contributed by atoms with van der Waals surface area (Å²) in [6.45, 7) is 4.56. The zero-order valence-corrected chi connectivity index (χ0v) is 8.04. The van der Waals surface area contributed by atoms with Gasteiger partial charge in [0.15, 0.2) is 0 Å². The lowest BCUT2D eigenvalue weighted by atomic mass is 10.1. The molecular formula is C9H19FN2O. The first-order valence-corrected chi connectivity index (χ1v) is 4.97. The van der Waals surface area contributed by atoms with E-state index in [1.54, 1.807) is 0 Å². The topological polar surface area (TPSA) is 38.5 Å². The van der Waals surface area contributed by atoms with E-state index in [9.17, 15) is 4.39 Å². The molecule has 4 heteroatoms. The molecule has 0 spiro atoms. The van der Waals surface area contributed by atoms with Gasteiger partial charge in [-0.3, -0.25) is 0 Å². The van der Waals surface area contributed by atoms with E-state index in [0.717, 1.165) is 19.6 Å². The number of hydrogen-bond acceptors (Lipinski definition) is 3. The fourth-order valence-electron chi connectivity index (χ4n) is 1.50. The van der Waals surface area contributed by atoms with E-state index in [1.807, 2.05) is 0 Å². The second-order valence-electron chi connectivity index (χ2n) is 3.42. The molecule has 1 aliphatic rings. The van der Waals surface area contributed by atoms with Crippen LogP contribution in [0.25, 0.3) is 0 Å². The number of piperidine rings is 1. The molecule has 3 nitrogen and oxygen atoms in total. The number of alkyl halides is 1. The van der Waals surface area contributed by atoms with Crippen molar-refractivity contribution in [3.8, 4) is 0 Å². The lowest BCUT2D eigenvalue weighted by molar-refractivity contribution is 0.0856. The van der Waals surface area contributed by atoms with Crippen molar-refractivity contribution in [2.24, 2.45) is 5.73 Å². The molecule has 1 heterocycles. The first-order valence-electron chi connectivity index (χ1n) is 4.97. The van der Waals surface area contributed by atoms with Crippen LogP contribution in [0.3, 0.4) is 0 Å². The minimum atomic E-state index is -0.582. The molecule has 1 aliphatic heterocycles. The first kappa shape index (κ1) is 10.9. The molecular weight excluding hydrogens is 171 g/mol. The van der Waals surface area contributed by atoms with Crippen LogP contribution in [0, 0.1) is 0 Å². The summed E-state index contributed by atoms with van der Waals surface area (Å²) in [5.74, 6) is 0. The maximum absolute atomic E-state index is 12.7. The summed E-state index contributed by atoms with van der Waals surface area (Å²) in [5.41, 5.74) is 5.28. The van der Waals surface area contributed by atoms with E-state index in [2.05, 4.69) is 4.90 Å². The zero-order chi connectivity index (χ0) is 9.52. The van der Waals surface area contributed by atoms with E-state index in [0.29, 0.717) is 32.6 Å². The van der Waals surface area contributed by atoms with E-state index < -0.39 is 6.17 Å². The van der Waals surface area contributed by atoms with Crippen molar-refractivity contribution in [3.63, 3.8) is 0 Å². The lowest BCUT2D eigenvalue weighted by Crippen LogP contribution is -2.36. The highest BCUT2D eigenvalue weighted by molar-refractivity contribution is 4.70. The highest BCUT2D eigenvalue weighted by atomic mass is 19.1. The molecule has 0 aromatic carbocycles. The molecule has 0 unspecified atom stereocenters. The van der Waals surface area contributed by atoms with Crippen LogP contribution >= 0.6 is 0 Å². The van der Waals surface area contributed by atoms with Gasteiger partial charge in [0.1, 0.15) is 6.17 Å². The summed E-state index contributed by atoms with van der Waals surface area (Å²) in [4.78, 5) is 2.24. The van der Waals surface area contributed by atoms with Crippen molar-refractivity contribution < 1.29 is 9.13 Å². The highest BCUT2D eigenvalue weighted by Gasteiger charge is 2.17. The summed E-state index contributed by atoms with van der Waals surface area (Å²) < 4.78 is 18.0. The molecule has 1 saturated heterocycles. The molecule has 0 amide bonds. The van der Waals surface area contributed by atoms with Crippen LogP contribution in [0.15, 0.2) is 0 Å². The molecule has 0 bridgehead atoms. The van der Waals surface area contributed by atoms with Crippen molar-refractivity contribution in [1.82, 2.24) is 4.90 Å². The Bertz CT molecular complexity index is 127. The Morgan fingerprint density at radius 3 is 2.62 bits per heavy atom. The third-order valence-electron chi connectivity index (χ3n) is 2.33. The van der Waals surface area contributed by atoms with Crippen LogP contribution in [0.5, 0.6) is 0 Å². The monoisotopic (exact) mass is 190 g/mol. The summed E-state index contributed by atoms with van der Waals surface area (Å²) in [6.07, 6.45) is 0.773. The molecule has 1 fully saturated rings. The lowest BCUT2D eigenvalue weighted by Gasteiger charge is -2.28. The molecule has 0 atom stereocenters. The third-order valence-corrected chi connectivity index (χ3v) is 2.33. The van der Waals surface area contributed by atoms with Crippen LogP contribution in [0.2, 0.25) is 0 Å². The second kappa shape index (κ2) is 6.29. The summed E-state index contributed by atoms with van der Waals surface area (Å²) in [7, 11) is 0. The first-order chi connectivity index (χ1) is 6.33. The number of nitrogens with two attached hydrogens (primary N) is 1. The van der Waals surface area contributed by atoms with Gasteiger partial charge in [-0.1, -0.05) is 0 Å². The van der Waals surface area contributed by atoms with Crippen LogP contribution in [0.1, 0.15) is 12.8 Å². The third kappa shape index (κ3) is 4.55. The zero-order valence-electron chi connectivity index (χ0n) is 8.04. The molecule has 0 aliphatic carbocycles. The van der Waals surface area contributed by atoms with Crippen molar-refractivity contribution in [2.45, 2.75) is 19.0 Å². The predicted molar refractivity (Wildman–Crippen MR) is 50.4 cm³/mol. The Morgan fingerprint density at radius 1 is 1.31 bits per heavy atom. The second-order valence-corrected chi connectivity index (χ2v) is 3.42. The Balaban J connectivity index is 1.96. The summed E-state index contributed by atoms with van der Waals surface area (Å²) in [5, 5.41) is 0. The van der Waals surface area contributed by atoms with E-state index in [-0.39, 0.29) is 0 Å². The molecule has 0 aromatic heterocycles. The van der Waals surface area contributed by atoms with Crippen LogP contribution in [0.4, 0.5) is 4.39 Å². The maximum Gasteiger partial charge on any atom is 0.103 e. The predicted octanol–water partition coefficient (Wildman–Crippen LogP) is 0.396. The highest BCUT2D eigenvalue weighted by Crippen LogP contribution is 2.12. The fourth-order valence-corrected chi connectivity index (χ4v) is 1.50. The smallest absolute Gasteiger partial charge is 0.103 e. The van der Waals surface area contributed by atoms with Gasteiger partial charge in [0.2, 0.25) is 0 Å². The van der Waals surface area contributed by atoms with E-state index in [4.69, 9.17) is 10.5 Å². The van der Waals surface area contributed by atoms with Crippen LogP contribution < -0.4 is 5.73 Å². The molecule has 0 aromatic rings. The van der Waals surface area contributed by atoms with Crippen molar-refractivity contribution >= 4 is 0 Å². The summed E-state index contributed by atoms with van der Waals surface area (Å²) in [6, 6.07) is 0. The number of likely N-dealkylation sites (tertiary alicyclic amines) is 1. The molecule has 1 rings (SSSR count). The number of hydrogen-bond donors (Lipinski definition) is 1. The Kier molecular flexibility index (Phi) is 5.27. The van der Waals surface area contributed by atoms with Crippen molar-refractivity contribution in [3.05, 3.63) is 0 Å². The fraction of sp³-hybridized carbons (Fsp3) is 1.00. The Hall–Kier alpha value is -0.190. The largest absolute Gasteiger partial charge is 0.379 e. The minimum absolute atomic E-state index is 0.576. The Labute approximate surface area is 79.0 Å². The average Bonchev–Trinajstić information content (AvgIpc) is 2.15. The van der Waals surface area contributed by atoms with Gasteiger partial charge in [-0.25, -0.2) is 4.39 Å². The van der Waals surface area contributed by atoms with E-state index in [1.165, 1.54) is 0 Å². The molecule has 78 valence electrons. The maximum atomic E-state index is 12.7. The molecule has 2 N–H and O–H groups in total. The molecule has 0 radical (unpaired) electrons. The van der Waals surface area contributed by atoms with Gasteiger partial charge >= 0.3 is 0 Å². The van der Waals surface area contributed by atoms with Gasteiger partial charge in [0.25, 0.3) is 0 Å². The minimum Gasteiger partial charge on any atom is -0.379 e. The van der Waals surface area contributed by atoms with Gasteiger partial charge in [0, 0.05) is 26.2 Å². The van der Waals surface area contributed by atoms with Crippen molar-refractivity contribution in [2.75, 3.05) is 39.4 Å². The Morgan fingerprint density at radius 2 is 2.00 bits per heavy atom. The quantitative estimate of drug-likeness (QED) is 0.638.